The number of carboxylic acid groups (broad SMARTS) is 1. The van der Waals surface area contributed by atoms with E-state index in [1.165, 1.54) is 36.2 Å². The average molecular weight is 458 g/mol. The van der Waals surface area contributed by atoms with E-state index in [1.54, 1.807) is 30.5 Å². The van der Waals surface area contributed by atoms with Crippen LogP contribution in [0.2, 0.25) is 0 Å². The number of anilines is 1. The molecule has 2 amide bonds. The quantitative estimate of drug-likeness (QED) is 0.454. The van der Waals surface area contributed by atoms with Crippen LogP contribution in [0.25, 0.3) is 0 Å². The Hall–Kier alpha value is -3.79. The summed E-state index contributed by atoms with van der Waals surface area (Å²) in [6, 6.07) is 10.3. The highest BCUT2D eigenvalue weighted by Crippen LogP contribution is 2.28. The van der Waals surface area contributed by atoms with Gasteiger partial charge in [-0.1, -0.05) is 6.07 Å². The van der Waals surface area contributed by atoms with Crippen molar-refractivity contribution in [3.63, 3.8) is 0 Å². The lowest BCUT2D eigenvalue weighted by Gasteiger charge is -2.19. The molecular formula is C22H23N3O6S. The van der Waals surface area contributed by atoms with Crippen LogP contribution in [-0.4, -0.2) is 35.9 Å². The molecule has 3 rings (SSSR count). The summed E-state index contributed by atoms with van der Waals surface area (Å²) in [5.74, 6) is -0.192. The molecule has 2 heterocycles. The number of rotatable bonds is 9. The van der Waals surface area contributed by atoms with Crippen LogP contribution in [0.15, 0.2) is 58.8 Å². The van der Waals surface area contributed by atoms with Gasteiger partial charge in [-0.05, 0) is 41.3 Å². The number of aromatic nitrogens is 1. The van der Waals surface area contributed by atoms with Crippen molar-refractivity contribution in [3.8, 4) is 11.5 Å². The van der Waals surface area contributed by atoms with Crippen LogP contribution in [0.1, 0.15) is 22.9 Å². The molecule has 1 unspecified atom stereocenters. The van der Waals surface area contributed by atoms with Crippen molar-refractivity contribution in [3.05, 3.63) is 74.8 Å². The molecule has 9 nitrogen and oxygen atoms in total. The van der Waals surface area contributed by atoms with Gasteiger partial charge in [-0.3, -0.25) is 9.59 Å². The lowest BCUT2D eigenvalue weighted by molar-refractivity contribution is -0.137. The minimum absolute atomic E-state index is 0.0823. The Morgan fingerprint density at radius 3 is 2.44 bits per heavy atom. The highest BCUT2D eigenvalue weighted by Gasteiger charge is 2.20. The van der Waals surface area contributed by atoms with Gasteiger partial charge < -0.3 is 29.8 Å². The Bertz CT molecular complexity index is 1120. The van der Waals surface area contributed by atoms with Crippen LogP contribution in [0.3, 0.4) is 0 Å². The fourth-order valence-electron chi connectivity index (χ4n) is 3.10. The predicted octanol–water partition coefficient (Wildman–Crippen LogP) is 3.31. The zero-order chi connectivity index (χ0) is 23.1. The van der Waals surface area contributed by atoms with E-state index in [2.05, 4.69) is 10.6 Å². The van der Waals surface area contributed by atoms with Gasteiger partial charge >= 0.3 is 12.0 Å². The Balaban J connectivity index is 1.79. The molecule has 0 spiro atoms. The Morgan fingerprint density at radius 1 is 1.12 bits per heavy atom. The monoisotopic (exact) mass is 457 g/mol. The molecule has 0 aliphatic heterocycles. The summed E-state index contributed by atoms with van der Waals surface area (Å²) in [4.78, 5) is 37.8. The first-order valence-electron chi connectivity index (χ1n) is 9.63. The van der Waals surface area contributed by atoms with E-state index >= 15 is 0 Å². The maximum atomic E-state index is 12.7. The number of nitrogens with one attached hydrogen (secondary N) is 2. The smallest absolute Gasteiger partial charge is 0.319 e. The predicted molar refractivity (Wildman–Crippen MR) is 121 cm³/mol. The first-order valence-corrected chi connectivity index (χ1v) is 10.5. The number of ether oxygens (including phenoxy) is 2. The number of pyridine rings is 1. The Morgan fingerprint density at radius 2 is 1.84 bits per heavy atom. The fourth-order valence-corrected chi connectivity index (χ4v) is 3.80. The third kappa shape index (κ3) is 5.88. The van der Waals surface area contributed by atoms with Crippen molar-refractivity contribution in [1.82, 2.24) is 9.88 Å². The van der Waals surface area contributed by atoms with Gasteiger partial charge in [0.05, 0.1) is 33.2 Å². The van der Waals surface area contributed by atoms with E-state index in [0.717, 1.165) is 4.88 Å². The second-order valence-electron chi connectivity index (χ2n) is 6.83. The summed E-state index contributed by atoms with van der Waals surface area (Å²) < 4.78 is 11.9. The first kappa shape index (κ1) is 22.9. The van der Waals surface area contributed by atoms with Gasteiger partial charge in [0.15, 0.2) is 0 Å². The second-order valence-corrected chi connectivity index (χ2v) is 7.86. The molecule has 3 aromatic rings. The molecule has 0 aliphatic carbocycles. The number of nitrogens with zero attached hydrogens (tertiary/aromatic N) is 1. The summed E-state index contributed by atoms with van der Waals surface area (Å²) >= 11 is 1.53. The topological polar surface area (TPSA) is 119 Å². The SMILES string of the molecule is COc1cc(OC)cc(C(CC(=O)O)NC(=O)Nc2cccn(Cc3cccs3)c2=O)c1. The van der Waals surface area contributed by atoms with E-state index < -0.39 is 18.0 Å². The number of thiophene rings is 1. The van der Waals surface area contributed by atoms with Crippen molar-refractivity contribution < 1.29 is 24.2 Å². The number of carbonyl (C=O) groups excluding carboxylic acids is 1. The lowest BCUT2D eigenvalue weighted by Crippen LogP contribution is -2.36. The highest BCUT2D eigenvalue weighted by molar-refractivity contribution is 7.09. The number of aliphatic carboxylic acids is 1. The van der Waals surface area contributed by atoms with Gasteiger partial charge in [0.2, 0.25) is 0 Å². The number of urea groups is 1. The van der Waals surface area contributed by atoms with Crippen LogP contribution in [0.5, 0.6) is 11.5 Å². The van der Waals surface area contributed by atoms with Crippen molar-refractivity contribution in [2.24, 2.45) is 0 Å². The van der Waals surface area contributed by atoms with Crippen LogP contribution in [-0.2, 0) is 11.3 Å². The van der Waals surface area contributed by atoms with Crippen LogP contribution < -0.4 is 25.7 Å². The molecule has 168 valence electrons. The van der Waals surface area contributed by atoms with E-state index in [0.29, 0.717) is 23.6 Å². The van der Waals surface area contributed by atoms with Gasteiger partial charge in [-0.25, -0.2) is 4.79 Å². The molecule has 0 saturated heterocycles. The Kier molecular flexibility index (Phi) is 7.50. The largest absolute Gasteiger partial charge is 0.497 e. The summed E-state index contributed by atoms with van der Waals surface area (Å²) in [5, 5.41) is 16.4. The summed E-state index contributed by atoms with van der Waals surface area (Å²) in [7, 11) is 2.95. The summed E-state index contributed by atoms with van der Waals surface area (Å²) in [5.41, 5.74) is 0.203. The third-order valence-electron chi connectivity index (χ3n) is 4.63. The van der Waals surface area contributed by atoms with E-state index in [4.69, 9.17) is 9.47 Å². The maximum Gasteiger partial charge on any atom is 0.319 e. The molecule has 32 heavy (non-hydrogen) atoms. The number of hydrogen-bond donors (Lipinski definition) is 3. The zero-order valence-corrected chi connectivity index (χ0v) is 18.3. The average Bonchev–Trinajstić information content (AvgIpc) is 3.28. The molecule has 3 N–H and O–H groups in total. The minimum Gasteiger partial charge on any atom is -0.497 e. The molecule has 0 aliphatic rings. The number of methoxy groups -OCH3 is 2. The normalized spacial score (nSPS) is 11.4. The summed E-state index contributed by atoms with van der Waals surface area (Å²) in [6.07, 6.45) is 1.27. The molecular weight excluding hydrogens is 434 g/mol. The maximum absolute atomic E-state index is 12.7. The minimum atomic E-state index is -1.10. The van der Waals surface area contributed by atoms with Crippen LogP contribution in [0, 0.1) is 0 Å². The molecule has 0 saturated carbocycles. The fraction of sp³-hybridized carbons (Fsp3) is 0.227. The molecule has 2 aromatic heterocycles. The van der Waals surface area contributed by atoms with Crippen LogP contribution >= 0.6 is 11.3 Å². The highest BCUT2D eigenvalue weighted by atomic mass is 32.1. The van der Waals surface area contributed by atoms with E-state index in [1.807, 2.05) is 17.5 Å². The van der Waals surface area contributed by atoms with Gasteiger partial charge in [0.1, 0.15) is 17.2 Å². The van der Waals surface area contributed by atoms with Crippen molar-refractivity contribution >= 4 is 29.0 Å². The lowest BCUT2D eigenvalue weighted by atomic mass is 10.0. The summed E-state index contributed by atoms with van der Waals surface area (Å²) in [6.45, 7) is 0.388. The van der Waals surface area contributed by atoms with Crippen molar-refractivity contribution in [2.45, 2.75) is 19.0 Å². The van der Waals surface area contributed by atoms with Gasteiger partial charge in [0.25, 0.3) is 5.56 Å². The third-order valence-corrected chi connectivity index (χ3v) is 5.50. The standard InChI is InChI=1S/C22H23N3O6S/c1-30-15-9-14(10-16(11-15)31-2)19(12-20(26)27)24-22(29)23-18-6-3-7-25(21(18)28)13-17-5-4-8-32-17/h3-11,19H,12-13H2,1-2H3,(H,26,27)(H2,23,24,29). The van der Waals surface area contributed by atoms with E-state index in [9.17, 15) is 19.5 Å². The second kappa shape index (κ2) is 10.5. The van der Waals surface area contributed by atoms with Crippen molar-refractivity contribution in [2.75, 3.05) is 19.5 Å². The Labute approximate surface area is 188 Å². The number of benzene rings is 1. The van der Waals surface area contributed by atoms with Gasteiger partial charge in [-0.15, -0.1) is 11.3 Å². The number of hydrogen-bond acceptors (Lipinski definition) is 6. The molecule has 1 aromatic carbocycles. The number of carbonyl (C=O) groups is 2. The van der Waals surface area contributed by atoms with Crippen molar-refractivity contribution in [1.29, 1.82) is 0 Å². The van der Waals surface area contributed by atoms with Crippen LogP contribution in [0.4, 0.5) is 10.5 Å². The molecule has 0 bridgehead atoms. The molecule has 1 atom stereocenters. The van der Waals surface area contributed by atoms with Gasteiger partial charge in [-0.2, -0.15) is 0 Å². The zero-order valence-electron chi connectivity index (χ0n) is 17.5. The van der Waals surface area contributed by atoms with E-state index in [-0.39, 0.29) is 17.7 Å². The first-order chi connectivity index (χ1) is 15.4. The van der Waals surface area contributed by atoms with Gasteiger partial charge in [0, 0.05) is 17.1 Å². The molecule has 10 heteroatoms. The molecule has 0 fully saturated rings. The number of carboxylic acids is 1. The number of amides is 2. The molecule has 0 radical (unpaired) electrons.